The third-order valence-electron chi connectivity index (χ3n) is 2.70. The molecule has 1 aromatic carbocycles. The summed E-state index contributed by atoms with van der Waals surface area (Å²) in [5, 5.41) is 3.00. The van der Waals surface area contributed by atoms with E-state index in [1.807, 2.05) is 0 Å². The molecule has 1 aromatic rings. The molecule has 5 heteroatoms. The van der Waals surface area contributed by atoms with Crippen LogP contribution >= 0.6 is 11.6 Å². The highest BCUT2D eigenvalue weighted by atomic mass is 35.5. The van der Waals surface area contributed by atoms with Crippen LogP contribution in [0.25, 0.3) is 0 Å². The first-order valence-electron chi connectivity index (χ1n) is 6.04. The number of benzene rings is 1. The van der Waals surface area contributed by atoms with Gasteiger partial charge in [0.15, 0.2) is 0 Å². The maximum atomic E-state index is 13.5. The summed E-state index contributed by atoms with van der Waals surface area (Å²) >= 11 is 5.63. The zero-order valence-electron chi connectivity index (χ0n) is 10.4. The van der Waals surface area contributed by atoms with Crippen molar-refractivity contribution < 1.29 is 9.18 Å². The van der Waals surface area contributed by atoms with E-state index in [0.717, 1.165) is 25.3 Å². The van der Waals surface area contributed by atoms with Crippen LogP contribution in [-0.2, 0) is 0 Å². The van der Waals surface area contributed by atoms with Gasteiger partial charge in [-0.05, 0) is 24.6 Å². The molecule has 1 amide bonds. The fourth-order valence-corrected chi connectivity index (χ4v) is 1.80. The van der Waals surface area contributed by atoms with Gasteiger partial charge in [0, 0.05) is 17.6 Å². The number of nitrogens with two attached hydrogens (primary N) is 1. The first-order valence-corrected chi connectivity index (χ1v) is 6.42. The Labute approximate surface area is 112 Å². The average molecular weight is 273 g/mol. The highest BCUT2D eigenvalue weighted by molar-refractivity contribution is 6.30. The molecule has 1 unspecified atom stereocenters. The molecule has 0 aliphatic carbocycles. The molecule has 0 bridgehead atoms. The van der Waals surface area contributed by atoms with Crippen LogP contribution in [0.3, 0.4) is 0 Å². The topological polar surface area (TPSA) is 55.1 Å². The van der Waals surface area contributed by atoms with E-state index in [9.17, 15) is 9.18 Å². The minimum atomic E-state index is -0.619. The van der Waals surface area contributed by atoms with Crippen LogP contribution in [0.15, 0.2) is 18.2 Å². The summed E-state index contributed by atoms with van der Waals surface area (Å²) in [6.45, 7) is 2.41. The Bertz CT molecular complexity index is 412. The lowest BCUT2D eigenvalue weighted by Crippen LogP contribution is -2.40. The van der Waals surface area contributed by atoms with E-state index in [4.69, 9.17) is 17.3 Å². The Hall–Kier alpha value is -1.13. The lowest BCUT2D eigenvalue weighted by molar-refractivity contribution is 0.0931. The Morgan fingerprint density at radius 2 is 2.28 bits per heavy atom. The largest absolute Gasteiger partial charge is 0.348 e. The third-order valence-corrected chi connectivity index (χ3v) is 2.94. The molecule has 3 N–H and O–H groups in total. The average Bonchev–Trinajstić information content (AvgIpc) is 2.34. The zero-order valence-corrected chi connectivity index (χ0v) is 11.1. The number of amides is 1. The summed E-state index contributed by atoms with van der Waals surface area (Å²) in [5.41, 5.74) is 5.57. The van der Waals surface area contributed by atoms with Gasteiger partial charge in [0.1, 0.15) is 5.82 Å². The summed E-state index contributed by atoms with van der Waals surface area (Å²) in [6.07, 6.45) is 2.81. The van der Waals surface area contributed by atoms with Gasteiger partial charge in [0.2, 0.25) is 0 Å². The second-order valence-electron chi connectivity index (χ2n) is 4.17. The minimum Gasteiger partial charge on any atom is -0.348 e. The lowest BCUT2D eigenvalue weighted by Gasteiger charge is -2.16. The second-order valence-corrected chi connectivity index (χ2v) is 4.61. The predicted molar refractivity (Wildman–Crippen MR) is 71.2 cm³/mol. The Balaban J connectivity index is 2.68. The highest BCUT2D eigenvalue weighted by Crippen LogP contribution is 2.14. The summed E-state index contributed by atoms with van der Waals surface area (Å²) in [7, 11) is 0. The molecule has 0 fully saturated rings. The molecule has 18 heavy (non-hydrogen) atoms. The van der Waals surface area contributed by atoms with Crippen molar-refractivity contribution in [2.24, 2.45) is 5.73 Å². The van der Waals surface area contributed by atoms with Gasteiger partial charge in [-0.3, -0.25) is 4.79 Å². The van der Waals surface area contributed by atoms with Crippen LogP contribution in [0.4, 0.5) is 4.39 Å². The molecule has 1 rings (SSSR count). The van der Waals surface area contributed by atoms with Gasteiger partial charge in [0.25, 0.3) is 5.91 Å². The van der Waals surface area contributed by atoms with E-state index < -0.39 is 11.7 Å². The molecule has 0 saturated heterocycles. The van der Waals surface area contributed by atoms with E-state index >= 15 is 0 Å². The summed E-state index contributed by atoms with van der Waals surface area (Å²) in [4.78, 5) is 11.9. The van der Waals surface area contributed by atoms with E-state index in [1.165, 1.54) is 12.1 Å². The number of nitrogens with one attached hydrogen (secondary N) is 1. The molecule has 0 aliphatic heterocycles. The summed E-state index contributed by atoms with van der Waals surface area (Å²) < 4.78 is 13.5. The Morgan fingerprint density at radius 1 is 1.56 bits per heavy atom. The van der Waals surface area contributed by atoms with Crippen molar-refractivity contribution in [1.29, 1.82) is 0 Å². The van der Waals surface area contributed by atoms with E-state index in [2.05, 4.69) is 12.2 Å². The maximum Gasteiger partial charge on any atom is 0.254 e. The van der Waals surface area contributed by atoms with Gasteiger partial charge in [-0.2, -0.15) is 0 Å². The molecule has 0 heterocycles. The molecule has 0 radical (unpaired) electrons. The van der Waals surface area contributed by atoms with Crippen LogP contribution in [0.2, 0.25) is 5.02 Å². The Morgan fingerprint density at radius 3 is 2.83 bits per heavy atom. The van der Waals surface area contributed by atoms with Crippen molar-refractivity contribution in [1.82, 2.24) is 5.32 Å². The highest BCUT2D eigenvalue weighted by Gasteiger charge is 2.15. The number of hydrogen-bond acceptors (Lipinski definition) is 2. The van der Waals surface area contributed by atoms with E-state index in [0.29, 0.717) is 6.54 Å². The molecule has 0 saturated carbocycles. The lowest BCUT2D eigenvalue weighted by atomic mass is 10.1. The van der Waals surface area contributed by atoms with Crippen LogP contribution in [0.1, 0.15) is 36.5 Å². The molecule has 0 aliphatic rings. The number of carbonyl (C=O) groups is 1. The predicted octanol–water partition coefficient (Wildman–Crippen LogP) is 2.73. The van der Waals surface area contributed by atoms with Crippen LogP contribution in [0, 0.1) is 5.82 Å². The van der Waals surface area contributed by atoms with Crippen molar-refractivity contribution in [2.75, 3.05) is 6.54 Å². The number of unbranched alkanes of at least 4 members (excludes halogenated alkanes) is 1. The fraction of sp³-hybridized carbons (Fsp3) is 0.462. The van der Waals surface area contributed by atoms with Crippen LogP contribution in [0.5, 0.6) is 0 Å². The van der Waals surface area contributed by atoms with Crippen molar-refractivity contribution in [3.8, 4) is 0 Å². The number of carbonyl (C=O) groups excluding carboxylic acids is 1. The molecule has 1 atom stereocenters. The molecular weight excluding hydrogens is 255 g/mol. The van der Waals surface area contributed by atoms with Gasteiger partial charge in [-0.15, -0.1) is 0 Å². The smallest absolute Gasteiger partial charge is 0.254 e. The number of halogens is 2. The van der Waals surface area contributed by atoms with Crippen LogP contribution in [-0.4, -0.2) is 18.5 Å². The molecular formula is C13H18ClFN2O. The van der Waals surface area contributed by atoms with Crippen molar-refractivity contribution >= 4 is 17.5 Å². The Kier molecular flexibility index (Phi) is 6.09. The quantitative estimate of drug-likeness (QED) is 0.837. The van der Waals surface area contributed by atoms with Gasteiger partial charge >= 0.3 is 0 Å². The van der Waals surface area contributed by atoms with Gasteiger partial charge in [-0.1, -0.05) is 31.4 Å². The first-order chi connectivity index (χ1) is 8.58. The zero-order chi connectivity index (χ0) is 13.5. The van der Waals surface area contributed by atoms with Gasteiger partial charge in [0.05, 0.1) is 5.56 Å². The molecule has 3 nitrogen and oxygen atoms in total. The molecule has 0 aromatic heterocycles. The standard InChI is InChI=1S/C13H18ClFN2O/c1-2-3-4-10(8-16)17-13(18)11-6-5-9(14)7-12(11)15/h5-7,10H,2-4,8,16H2,1H3,(H,17,18). The third kappa shape index (κ3) is 4.27. The SMILES string of the molecule is CCCCC(CN)NC(=O)c1ccc(Cl)cc1F. The maximum absolute atomic E-state index is 13.5. The van der Waals surface area contributed by atoms with Crippen LogP contribution < -0.4 is 11.1 Å². The second kappa shape index (κ2) is 7.34. The van der Waals surface area contributed by atoms with Gasteiger partial charge < -0.3 is 11.1 Å². The first kappa shape index (κ1) is 14.9. The van der Waals surface area contributed by atoms with Crippen molar-refractivity contribution in [2.45, 2.75) is 32.2 Å². The van der Waals surface area contributed by atoms with E-state index in [1.54, 1.807) is 0 Å². The van der Waals surface area contributed by atoms with Crippen molar-refractivity contribution in [3.05, 3.63) is 34.6 Å². The summed E-state index contributed by atoms with van der Waals surface area (Å²) in [6, 6.07) is 3.87. The fourth-order valence-electron chi connectivity index (χ4n) is 1.64. The van der Waals surface area contributed by atoms with E-state index in [-0.39, 0.29) is 16.6 Å². The monoisotopic (exact) mass is 272 g/mol. The summed E-state index contributed by atoms with van der Waals surface area (Å²) in [5.74, 6) is -1.07. The number of hydrogen-bond donors (Lipinski definition) is 2. The minimum absolute atomic E-state index is 0.00523. The van der Waals surface area contributed by atoms with Crippen molar-refractivity contribution in [3.63, 3.8) is 0 Å². The normalized spacial score (nSPS) is 12.2. The molecule has 100 valence electrons. The number of rotatable bonds is 6. The molecule has 0 spiro atoms. The van der Waals surface area contributed by atoms with Gasteiger partial charge in [-0.25, -0.2) is 4.39 Å².